The number of unbranched alkanes of at least 4 members (excludes halogenated alkanes) is 1. The van der Waals surface area contributed by atoms with E-state index in [2.05, 4.69) is 42.4 Å². The monoisotopic (exact) mass is 925 g/mol. The van der Waals surface area contributed by atoms with E-state index in [1.807, 2.05) is 85.5 Å². The Hall–Kier alpha value is -0.500. The minimum atomic E-state index is -0.825. The summed E-state index contributed by atoms with van der Waals surface area (Å²) in [7, 11) is 2.87. The standard InChI is InChI=1S/C52H93O7PS2/c1-47(2,3)58-45(54)35(21-23-38-28-34-29-41(38)43(30-34)61-14)18-17-26-49(6,7)51(10,11)57-44(53)19-15-16-25-48(4,5)52(12,13)59-46(55)36(24-27-50(8,9)56)20-22-37-31-40-32-39(37)33-42(40)62-60/h34-43,56H,15-33,60H2,1-14H3. The minimum absolute atomic E-state index is 0.0634. The quantitative estimate of drug-likeness (QED) is 0.0393. The number of carbonyl (C=O) groups is 3. The van der Waals surface area contributed by atoms with Gasteiger partial charge in [0.2, 0.25) is 0 Å². The largest absolute Gasteiger partial charge is 0.460 e. The lowest BCUT2D eigenvalue weighted by atomic mass is 9.72. The maximum absolute atomic E-state index is 13.9. The second-order valence-electron chi connectivity index (χ2n) is 24.6. The molecule has 360 valence electrons. The highest BCUT2D eigenvalue weighted by atomic mass is 32.7. The van der Waals surface area contributed by atoms with E-state index >= 15 is 0 Å². The van der Waals surface area contributed by atoms with E-state index in [1.54, 1.807) is 0 Å². The molecule has 11 unspecified atom stereocenters. The lowest BCUT2D eigenvalue weighted by molar-refractivity contribution is -0.175. The van der Waals surface area contributed by atoms with E-state index in [-0.39, 0.29) is 40.6 Å². The number of rotatable bonds is 26. The fourth-order valence-corrected chi connectivity index (χ4v) is 14.5. The summed E-state index contributed by atoms with van der Waals surface area (Å²) in [6.45, 7) is 26.3. The van der Waals surface area contributed by atoms with Gasteiger partial charge in [0.05, 0.1) is 17.4 Å². The molecule has 0 amide bonds. The molecule has 4 fully saturated rings. The Kier molecular flexibility index (Phi) is 19.3. The molecule has 0 heterocycles. The van der Waals surface area contributed by atoms with Crippen LogP contribution in [0.3, 0.4) is 0 Å². The smallest absolute Gasteiger partial charge is 0.309 e. The van der Waals surface area contributed by atoms with Crippen LogP contribution in [0.1, 0.15) is 212 Å². The molecule has 11 atom stereocenters. The van der Waals surface area contributed by atoms with Crippen molar-refractivity contribution >= 4 is 49.5 Å². The highest BCUT2D eigenvalue weighted by molar-refractivity contribution is 8.44. The molecule has 4 aliphatic rings. The van der Waals surface area contributed by atoms with Gasteiger partial charge in [-0.3, -0.25) is 14.4 Å². The summed E-state index contributed by atoms with van der Waals surface area (Å²) < 4.78 is 18.6. The number of fused-ring (bicyclic) bond motifs is 4. The Morgan fingerprint density at radius 2 is 1.19 bits per heavy atom. The summed E-state index contributed by atoms with van der Waals surface area (Å²) in [6.07, 6.45) is 20.5. The molecule has 62 heavy (non-hydrogen) atoms. The second-order valence-corrected chi connectivity index (χ2v) is 27.4. The van der Waals surface area contributed by atoms with Gasteiger partial charge in [-0.25, -0.2) is 0 Å². The topological polar surface area (TPSA) is 99.1 Å². The molecule has 4 bridgehead atoms. The molecule has 1 N–H and O–H groups in total. The van der Waals surface area contributed by atoms with Crippen LogP contribution in [0.25, 0.3) is 0 Å². The van der Waals surface area contributed by atoms with E-state index in [9.17, 15) is 19.5 Å². The van der Waals surface area contributed by atoms with Crippen molar-refractivity contribution in [1.29, 1.82) is 0 Å². The molecule has 0 radical (unpaired) electrons. The predicted octanol–water partition coefficient (Wildman–Crippen LogP) is 13.8. The van der Waals surface area contributed by atoms with Crippen LogP contribution in [-0.2, 0) is 28.6 Å². The molecule has 4 aliphatic carbocycles. The first-order chi connectivity index (χ1) is 28.6. The summed E-state index contributed by atoms with van der Waals surface area (Å²) in [5.41, 5.74) is -3.30. The Morgan fingerprint density at radius 3 is 1.74 bits per heavy atom. The molecule has 0 aromatic rings. The van der Waals surface area contributed by atoms with Crippen LogP contribution >= 0.6 is 31.6 Å². The third-order valence-corrected chi connectivity index (χ3v) is 20.2. The van der Waals surface area contributed by atoms with Crippen LogP contribution in [0.2, 0.25) is 0 Å². The number of esters is 3. The SMILES string of the molecule is CSC1CC2CC(CCC(CCCC(C)(C)C(C)(C)OC(=O)CCCCC(C)(C)C(C)(C)OC(=O)C(CCC3CC4CC3CC4SP)CCC(C)(C)O)C(=O)OC(C)(C)C)C1C2. The second kappa shape index (κ2) is 22.1. The van der Waals surface area contributed by atoms with Gasteiger partial charge in [0.25, 0.3) is 0 Å². The van der Waals surface area contributed by atoms with Gasteiger partial charge in [-0.1, -0.05) is 49.0 Å². The van der Waals surface area contributed by atoms with E-state index in [0.29, 0.717) is 31.6 Å². The molecule has 0 spiro atoms. The fraction of sp³-hybridized carbons (Fsp3) is 0.942. The van der Waals surface area contributed by atoms with Gasteiger partial charge in [-0.05, 0) is 207 Å². The molecule has 0 saturated heterocycles. The molecule has 7 nitrogen and oxygen atoms in total. The fourth-order valence-electron chi connectivity index (χ4n) is 11.6. The number of hydrogen-bond acceptors (Lipinski definition) is 9. The van der Waals surface area contributed by atoms with Crippen molar-refractivity contribution in [2.45, 2.75) is 245 Å². The number of carbonyl (C=O) groups excluding carboxylic acids is 3. The van der Waals surface area contributed by atoms with Gasteiger partial charge >= 0.3 is 17.9 Å². The summed E-state index contributed by atoms with van der Waals surface area (Å²) >= 11 is 3.99. The van der Waals surface area contributed by atoms with Gasteiger partial charge in [0.1, 0.15) is 16.8 Å². The third-order valence-electron chi connectivity index (χ3n) is 17.0. The molecular weight excluding hydrogens is 832 g/mol. The maximum atomic E-state index is 13.9. The molecule has 0 aromatic heterocycles. The predicted molar refractivity (Wildman–Crippen MR) is 264 cm³/mol. The number of ether oxygens (including phenoxy) is 3. The first kappa shape index (κ1) is 54.1. The Labute approximate surface area is 390 Å². The van der Waals surface area contributed by atoms with Crippen LogP contribution < -0.4 is 0 Å². The minimum Gasteiger partial charge on any atom is -0.460 e. The Balaban J connectivity index is 1.22. The summed E-state index contributed by atoms with van der Waals surface area (Å²) in [4.78, 5) is 40.8. The normalized spacial score (nSPS) is 27.7. The Morgan fingerprint density at radius 1 is 0.613 bits per heavy atom. The number of thioether (sulfide) groups is 1. The highest BCUT2D eigenvalue weighted by Crippen LogP contribution is 2.56. The summed E-state index contributed by atoms with van der Waals surface area (Å²) in [5.74, 6) is 3.99. The van der Waals surface area contributed by atoms with E-state index in [0.717, 1.165) is 97.9 Å². The number of hydrogen-bond donors (Lipinski definition) is 1. The number of aliphatic hydroxyl groups is 1. The summed E-state index contributed by atoms with van der Waals surface area (Å²) in [6, 6.07) is 0. The van der Waals surface area contributed by atoms with Crippen LogP contribution in [0.5, 0.6) is 0 Å². The van der Waals surface area contributed by atoms with Crippen molar-refractivity contribution in [3.05, 3.63) is 0 Å². The van der Waals surface area contributed by atoms with Gasteiger partial charge < -0.3 is 19.3 Å². The van der Waals surface area contributed by atoms with Gasteiger partial charge in [-0.2, -0.15) is 11.8 Å². The molecule has 4 rings (SSSR count). The first-order valence-electron chi connectivity index (χ1n) is 24.8. The first-order valence-corrected chi connectivity index (χ1v) is 28.5. The van der Waals surface area contributed by atoms with E-state index in [4.69, 9.17) is 14.2 Å². The maximum Gasteiger partial charge on any atom is 0.309 e. The van der Waals surface area contributed by atoms with E-state index in [1.165, 1.54) is 38.5 Å². The molecule has 4 saturated carbocycles. The van der Waals surface area contributed by atoms with Gasteiger partial charge in [0.15, 0.2) is 0 Å². The average Bonchev–Trinajstić information content (AvgIpc) is 3.94. The Bertz CT molecular complexity index is 1460. The molecule has 0 aliphatic heterocycles. The van der Waals surface area contributed by atoms with Crippen molar-refractivity contribution in [3.63, 3.8) is 0 Å². The van der Waals surface area contributed by atoms with Crippen LogP contribution in [0, 0.1) is 58.2 Å². The molecule has 10 heteroatoms. The van der Waals surface area contributed by atoms with Crippen LogP contribution in [-0.4, -0.2) is 62.2 Å². The van der Waals surface area contributed by atoms with E-state index < -0.39 is 22.4 Å². The average molecular weight is 925 g/mol. The van der Waals surface area contributed by atoms with Crippen molar-refractivity contribution < 1.29 is 33.7 Å². The third kappa shape index (κ3) is 15.3. The zero-order chi connectivity index (χ0) is 46.5. The lowest BCUT2D eigenvalue weighted by Crippen LogP contribution is -2.44. The molecule has 0 aromatic carbocycles. The van der Waals surface area contributed by atoms with Gasteiger partial charge in [-0.15, -0.1) is 11.4 Å². The van der Waals surface area contributed by atoms with Crippen LogP contribution in [0.15, 0.2) is 0 Å². The van der Waals surface area contributed by atoms with Crippen molar-refractivity contribution in [2.75, 3.05) is 6.26 Å². The highest BCUT2D eigenvalue weighted by Gasteiger charge is 2.48. The van der Waals surface area contributed by atoms with Gasteiger partial charge in [0, 0.05) is 27.8 Å². The van der Waals surface area contributed by atoms with Crippen molar-refractivity contribution in [3.8, 4) is 0 Å². The van der Waals surface area contributed by atoms with Crippen LogP contribution in [0.4, 0.5) is 0 Å². The zero-order valence-corrected chi connectivity index (χ0v) is 44.8. The zero-order valence-electron chi connectivity index (χ0n) is 42.0. The summed E-state index contributed by atoms with van der Waals surface area (Å²) in [5, 5.41) is 12.1. The molecular formula is C52H93O7PS2. The lowest BCUT2D eigenvalue weighted by Gasteiger charge is -2.42. The van der Waals surface area contributed by atoms with Crippen molar-refractivity contribution in [2.24, 2.45) is 58.2 Å². The van der Waals surface area contributed by atoms with Crippen molar-refractivity contribution in [1.82, 2.24) is 0 Å².